The highest BCUT2D eigenvalue weighted by molar-refractivity contribution is 8.00. The molecular weight excluding hydrogens is 619 g/mol. The first-order valence-electron chi connectivity index (χ1n) is 14.2. The lowest BCUT2D eigenvalue weighted by Gasteiger charge is -2.30. The number of carbonyl (C=O) groups excluding carboxylic acids is 3. The van der Waals surface area contributed by atoms with E-state index in [0.29, 0.717) is 45.0 Å². The Labute approximate surface area is 258 Å². The van der Waals surface area contributed by atoms with E-state index in [9.17, 15) is 32.3 Å². The third kappa shape index (κ3) is 5.49. The number of carbonyl (C=O) groups is 3. The van der Waals surface area contributed by atoms with Gasteiger partial charge >= 0.3 is 11.0 Å². The number of piperidine rings is 1. The van der Waals surface area contributed by atoms with E-state index in [2.05, 4.69) is 4.98 Å². The molecule has 0 bridgehead atoms. The van der Waals surface area contributed by atoms with E-state index in [1.807, 2.05) is 0 Å². The minimum absolute atomic E-state index is 0.139. The van der Waals surface area contributed by atoms with Gasteiger partial charge in [-0.1, -0.05) is 41.3 Å². The first-order chi connectivity index (χ1) is 21.1. The number of imide groups is 1. The summed E-state index contributed by atoms with van der Waals surface area (Å²) in [6.07, 6.45) is -1.82. The maximum atomic E-state index is 14.0. The van der Waals surface area contributed by atoms with Crippen LogP contribution in [0.15, 0.2) is 52.3 Å². The van der Waals surface area contributed by atoms with Crippen LogP contribution in [-0.2, 0) is 20.6 Å². The Morgan fingerprint density at radius 2 is 1.75 bits per heavy atom. The summed E-state index contributed by atoms with van der Waals surface area (Å²) in [5.74, 6) is -3.03. The van der Waals surface area contributed by atoms with Crippen LogP contribution in [0.5, 0.6) is 11.5 Å². The molecule has 0 aliphatic carbocycles. The zero-order valence-corrected chi connectivity index (χ0v) is 25.2. The van der Waals surface area contributed by atoms with E-state index in [1.54, 1.807) is 30.0 Å². The van der Waals surface area contributed by atoms with Gasteiger partial charge in [0.05, 0.1) is 28.8 Å². The first kappa shape index (κ1) is 30.3. The van der Waals surface area contributed by atoms with E-state index >= 15 is 0 Å². The molecule has 0 unspecified atom stereocenters. The molecular formula is C30H28F3N3O6S2. The number of nitrogens with one attached hydrogen (secondary N) is 1. The van der Waals surface area contributed by atoms with Crippen LogP contribution in [0.4, 0.5) is 18.9 Å². The molecule has 14 heteroatoms. The second-order valence-electron chi connectivity index (χ2n) is 10.6. The van der Waals surface area contributed by atoms with Crippen molar-refractivity contribution in [3.8, 4) is 11.5 Å². The molecule has 9 nitrogen and oxygen atoms in total. The Morgan fingerprint density at radius 3 is 2.48 bits per heavy atom. The topological polar surface area (TPSA) is 109 Å². The molecule has 3 aromatic rings. The van der Waals surface area contributed by atoms with Gasteiger partial charge in [0.15, 0.2) is 18.1 Å². The van der Waals surface area contributed by atoms with Crippen LogP contribution in [0.25, 0.3) is 0 Å². The smallest absolute Gasteiger partial charge is 0.418 e. The maximum absolute atomic E-state index is 14.0. The molecule has 3 atom stereocenters. The Kier molecular flexibility index (Phi) is 8.22. The van der Waals surface area contributed by atoms with Crippen molar-refractivity contribution in [1.29, 1.82) is 0 Å². The van der Waals surface area contributed by atoms with Crippen LogP contribution in [0.1, 0.15) is 48.1 Å². The highest BCUT2D eigenvalue weighted by Gasteiger charge is 2.57. The molecule has 3 aliphatic heterocycles. The number of hydrogen-bond acceptors (Lipinski definition) is 8. The van der Waals surface area contributed by atoms with Crippen molar-refractivity contribution in [2.45, 2.75) is 48.6 Å². The SMILES string of the molecule is CCOc1cc([C@@H]2c3sc(=O)[nH]c3S[C@H]3C(=O)N(c4ccccc4C(F)(F)F)C(=O)[C@@H]23)ccc1OCC(=O)N1CCCCC1. The highest BCUT2D eigenvalue weighted by atomic mass is 32.2. The van der Waals surface area contributed by atoms with Gasteiger partial charge in [0.2, 0.25) is 11.8 Å². The summed E-state index contributed by atoms with van der Waals surface area (Å²) in [6.45, 7) is 3.21. The van der Waals surface area contributed by atoms with Gasteiger partial charge in [-0.05, 0) is 56.0 Å². The molecule has 1 aromatic heterocycles. The molecule has 232 valence electrons. The summed E-state index contributed by atoms with van der Waals surface area (Å²) >= 11 is 1.86. The summed E-state index contributed by atoms with van der Waals surface area (Å²) in [6, 6.07) is 9.39. The van der Waals surface area contributed by atoms with Gasteiger partial charge in [0.1, 0.15) is 5.25 Å². The van der Waals surface area contributed by atoms with Crippen molar-refractivity contribution in [3.05, 3.63) is 68.1 Å². The highest BCUT2D eigenvalue weighted by Crippen LogP contribution is 2.54. The summed E-state index contributed by atoms with van der Waals surface area (Å²) in [5, 5.41) is -0.677. The van der Waals surface area contributed by atoms with Gasteiger partial charge < -0.3 is 19.4 Å². The molecule has 1 N–H and O–H groups in total. The normalized spacial score (nSPS) is 21.7. The number of ether oxygens (including phenoxy) is 2. The molecule has 3 amide bonds. The molecule has 0 radical (unpaired) electrons. The molecule has 6 rings (SSSR count). The summed E-state index contributed by atoms with van der Waals surface area (Å²) in [5.41, 5.74) is -1.11. The molecule has 0 spiro atoms. The number of alkyl halides is 3. The van der Waals surface area contributed by atoms with Crippen LogP contribution in [-0.4, -0.2) is 59.2 Å². The first-order valence-corrected chi connectivity index (χ1v) is 15.9. The number of likely N-dealkylation sites (tertiary alicyclic amines) is 1. The number of rotatable bonds is 7. The number of thioether (sulfide) groups is 1. The van der Waals surface area contributed by atoms with Crippen molar-refractivity contribution in [2.75, 3.05) is 31.2 Å². The van der Waals surface area contributed by atoms with Gasteiger partial charge in [-0.2, -0.15) is 13.2 Å². The standard InChI is InChI=1S/C30H28F3N3O6S2/c1-2-41-20-14-16(10-11-19(20)42-15-21(37)35-12-6-3-7-13-35)22-23-25(43-26-24(22)44-29(40)34-26)28(39)36(27(23)38)18-9-5-4-8-17(18)30(31,32)33/h4-5,8-11,14,22-23,25H,2-3,6-7,12-13,15H2,1H3,(H,34,40)/t22-,23-,25+/m0/s1. The van der Waals surface area contributed by atoms with Gasteiger partial charge in [-0.3, -0.25) is 19.2 Å². The van der Waals surface area contributed by atoms with Crippen LogP contribution >= 0.6 is 23.1 Å². The second kappa shape index (κ2) is 12.0. The van der Waals surface area contributed by atoms with E-state index in [1.165, 1.54) is 12.1 Å². The zero-order valence-electron chi connectivity index (χ0n) is 23.5. The number of amides is 3. The van der Waals surface area contributed by atoms with Gasteiger partial charge in [0.25, 0.3) is 5.91 Å². The van der Waals surface area contributed by atoms with Crippen molar-refractivity contribution in [2.24, 2.45) is 5.92 Å². The van der Waals surface area contributed by atoms with Crippen LogP contribution in [0.2, 0.25) is 0 Å². The molecule has 3 aliphatic rings. The number of aromatic nitrogens is 1. The molecule has 44 heavy (non-hydrogen) atoms. The number of aromatic amines is 1. The molecule has 2 fully saturated rings. The van der Waals surface area contributed by atoms with Gasteiger partial charge in [-0.25, -0.2) is 4.90 Å². The number of nitrogens with zero attached hydrogens (tertiary/aromatic N) is 2. The molecule has 0 saturated carbocycles. The van der Waals surface area contributed by atoms with Crippen molar-refractivity contribution < 1.29 is 37.0 Å². The fraction of sp³-hybridized carbons (Fsp3) is 0.400. The fourth-order valence-corrected chi connectivity index (χ4v) is 8.52. The van der Waals surface area contributed by atoms with E-state index in [4.69, 9.17) is 9.47 Å². The van der Waals surface area contributed by atoms with Crippen LogP contribution in [0, 0.1) is 5.92 Å². The summed E-state index contributed by atoms with van der Waals surface area (Å²) in [7, 11) is 0. The number of H-pyrrole nitrogens is 1. The molecule has 4 heterocycles. The Balaban J connectivity index is 1.36. The number of para-hydroxylation sites is 1. The lowest BCUT2D eigenvalue weighted by molar-refractivity contribution is -0.137. The van der Waals surface area contributed by atoms with E-state index in [-0.39, 0.29) is 24.0 Å². The van der Waals surface area contributed by atoms with Crippen molar-refractivity contribution in [1.82, 2.24) is 9.88 Å². The number of anilines is 1. The number of fused-ring (bicyclic) bond motifs is 2. The average Bonchev–Trinajstić information content (AvgIpc) is 3.50. The lowest BCUT2D eigenvalue weighted by atomic mass is 9.83. The Bertz CT molecular complexity index is 1670. The quantitative estimate of drug-likeness (QED) is 0.358. The minimum Gasteiger partial charge on any atom is -0.490 e. The number of halogens is 3. The third-order valence-electron chi connectivity index (χ3n) is 7.96. The Hall–Kier alpha value is -3.78. The maximum Gasteiger partial charge on any atom is 0.418 e. The van der Waals surface area contributed by atoms with Crippen LogP contribution < -0.4 is 19.2 Å². The van der Waals surface area contributed by atoms with Crippen molar-refractivity contribution >= 4 is 46.5 Å². The van der Waals surface area contributed by atoms with E-state index < -0.39 is 46.3 Å². The second-order valence-corrected chi connectivity index (χ2v) is 12.8. The minimum atomic E-state index is -4.79. The fourth-order valence-electron chi connectivity index (χ4n) is 6.00. The van der Waals surface area contributed by atoms with Crippen LogP contribution in [0.3, 0.4) is 0 Å². The summed E-state index contributed by atoms with van der Waals surface area (Å²) < 4.78 is 53.4. The third-order valence-corrected chi connectivity index (χ3v) is 10.4. The number of benzene rings is 2. The zero-order chi connectivity index (χ0) is 31.2. The van der Waals surface area contributed by atoms with E-state index in [0.717, 1.165) is 54.5 Å². The number of hydrogen-bond donors (Lipinski definition) is 1. The van der Waals surface area contributed by atoms with Gasteiger partial charge in [-0.15, -0.1) is 0 Å². The van der Waals surface area contributed by atoms with Gasteiger partial charge in [0, 0.05) is 23.9 Å². The largest absolute Gasteiger partial charge is 0.490 e. The summed E-state index contributed by atoms with van der Waals surface area (Å²) in [4.78, 5) is 58.0. The Morgan fingerprint density at radius 1 is 1.00 bits per heavy atom. The molecule has 2 aromatic carbocycles. The number of thiazole rings is 1. The van der Waals surface area contributed by atoms with Crippen molar-refractivity contribution in [3.63, 3.8) is 0 Å². The predicted molar refractivity (Wildman–Crippen MR) is 157 cm³/mol. The monoisotopic (exact) mass is 647 g/mol. The lowest BCUT2D eigenvalue weighted by Crippen LogP contribution is -2.38. The average molecular weight is 648 g/mol. The molecule has 2 saturated heterocycles. The predicted octanol–water partition coefficient (Wildman–Crippen LogP) is 5.04.